The summed E-state index contributed by atoms with van der Waals surface area (Å²) in [7, 11) is 4.41. The molecule has 1 N–H and O–H groups in total. The molecule has 2 aliphatic rings. The molecule has 2 fully saturated rings. The Morgan fingerprint density at radius 2 is 1.95 bits per heavy atom. The largest absolute Gasteiger partial charge is 0.320 e. The molecule has 220 valence electrons. The van der Waals surface area contributed by atoms with E-state index in [0.29, 0.717) is 23.9 Å². The van der Waals surface area contributed by atoms with Gasteiger partial charge in [0.25, 0.3) is 0 Å². The van der Waals surface area contributed by atoms with E-state index in [1.165, 1.54) is 36.0 Å². The molecular weight excluding hydrogens is 484 g/mol. The van der Waals surface area contributed by atoms with Gasteiger partial charge in [-0.1, -0.05) is 95.2 Å². The lowest BCUT2D eigenvalue weighted by Crippen LogP contribution is -2.56. The molecule has 0 radical (unpaired) electrons. The van der Waals surface area contributed by atoms with E-state index in [1.54, 1.807) is 0 Å². The summed E-state index contributed by atoms with van der Waals surface area (Å²) in [5.74, 6) is 5.11. The minimum atomic E-state index is 0.0166. The number of hydrogen-bond donors (Lipinski definition) is 1. The zero-order valence-corrected chi connectivity index (χ0v) is 27.0. The van der Waals surface area contributed by atoms with Gasteiger partial charge in [0.05, 0.1) is 0 Å². The van der Waals surface area contributed by atoms with Crippen LogP contribution in [0.1, 0.15) is 80.1 Å². The highest BCUT2D eigenvalue weighted by molar-refractivity contribution is 5.46. The first kappa shape index (κ1) is 33.9. The summed E-state index contributed by atoms with van der Waals surface area (Å²) < 4.78 is 0. The van der Waals surface area contributed by atoms with Crippen molar-refractivity contribution in [2.75, 3.05) is 20.6 Å². The standard InChI is InChI=1S/C38H58N2/c1-12-18-19-29(13-2)25-32(16-5)35-27-33(35)26-31(15-4)28(7)24-34(17-6)38(8,9)37(22-23-39-10)40(11)36-21-20-30(36)14-3/h4,12,16-19,24-26,30,33-37,39H,1,6,13-14,20-23,27H2,2-3,5,7-11H3. The number of terminal acetylenes is 1. The molecule has 2 heteroatoms. The smallest absolute Gasteiger partial charge is 0.0231 e. The monoisotopic (exact) mass is 542 g/mol. The predicted octanol–water partition coefficient (Wildman–Crippen LogP) is 9.08. The van der Waals surface area contributed by atoms with Crippen molar-refractivity contribution in [1.29, 1.82) is 0 Å². The maximum atomic E-state index is 6.11. The minimum Gasteiger partial charge on any atom is -0.320 e. The van der Waals surface area contributed by atoms with E-state index < -0.39 is 0 Å². The van der Waals surface area contributed by atoms with Crippen LogP contribution in [0, 0.1) is 41.4 Å². The van der Waals surface area contributed by atoms with Crippen LogP contribution >= 0.6 is 0 Å². The molecule has 0 bridgehead atoms. The van der Waals surface area contributed by atoms with Crippen LogP contribution in [0.5, 0.6) is 0 Å². The van der Waals surface area contributed by atoms with Gasteiger partial charge in [-0.3, -0.25) is 4.90 Å². The summed E-state index contributed by atoms with van der Waals surface area (Å²) in [5.41, 5.74) is 4.98. The van der Waals surface area contributed by atoms with Crippen molar-refractivity contribution in [1.82, 2.24) is 10.2 Å². The molecule has 2 aliphatic carbocycles. The maximum absolute atomic E-state index is 6.11. The number of allylic oxidation sites excluding steroid dienone is 12. The summed E-state index contributed by atoms with van der Waals surface area (Å²) in [6, 6.07) is 1.13. The van der Waals surface area contributed by atoms with Crippen molar-refractivity contribution in [3.8, 4) is 12.3 Å². The molecule has 0 spiro atoms. The zero-order chi connectivity index (χ0) is 29.9. The lowest BCUT2D eigenvalue weighted by Gasteiger charge is -2.52. The van der Waals surface area contributed by atoms with Crippen LogP contribution in [0.3, 0.4) is 0 Å². The third kappa shape index (κ3) is 8.58. The maximum Gasteiger partial charge on any atom is 0.0231 e. The average molecular weight is 543 g/mol. The molecule has 0 amide bonds. The second-order valence-electron chi connectivity index (χ2n) is 12.5. The molecule has 0 heterocycles. The van der Waals surface area contributed by atoms with Crippen molar-refractivity contribution in [3.05, 3.63) is 84.1 Å². The molecule has 2 nitrogen and oxygen atoms in total. The highest BCUT2D eigenvalue weighted by atomic mass is 15.2. The van der Waals surface area contributed by atoms with Gasteiger partial charge in [-0.25, -0.2) is 0 Å². The van der Waals surface area contributed by atoms with Gasteiger partial charge in [0, 0.05) is 23.6 Å². The fraction of sp³-hybridized carbons (Fsp3) is 0.579. The van der Waals surface area contributed by atoms with E-state index in [1.807, 2.05) is 12.2 Å². The molecule has 6 atom stereocenters. The topological polar surface area (TPSA) is 15.3 Å². The molecule has 0 aromatic rings. The molecule has 40 heavy (non-hydrogen) atoms. The predicted molar refractivity (Wildman–Crippen MR) is 178 cm³/mol. The third-order valence-corrected chi connectivity index (χ3v) is 9.75. The Bertz CT molecular complexity index is 1040. The SMILES string of the molecule is C#CC(=CC1CC1C(C=C(C=CC=C)CC)=CC)C(C)=CC(C=C)C(C)(C)C(CCNC)N(C)C1CCC1CC. The van der Waals surface area contributed by atoms with E-state index in [-0.39, 0.29) is 11.3 Å². The van der Waals surface area contributed by atoms with E-state index in [2.05, 4.69) is 121 Å². The van der Waals surface area contributed by atoms with Crippen LogP contribution in [0.15, 0.2) is 84.1 Å². The highest BCUT2D eigenvalue weighted by Crippen LogP contribution is 2.47. The summed E-state index contributed by atoms with van der Waals surface area (Å²) in [6.07, 6.45) is 30.8. The Hall–Kier alpha value is -2.34. The fourth-order valence-corrected chi connectivity index (χ4v) is 6.71. The van der Waals surface area contributed by atoms with Gasteiger partial charge < -0.3 is 5.32 Å². The van der Waals surface area contributed by atoms with Crippen LogP contribution in [0.2, 0.25) is 0 Å². The normalized spacial score (nSPS) is 25.9. The molecule has 0 aromatic carbocycles. The van der Waals surface area contributed by atoms with Crippen molar-refractivity contribution < 1.29 is 0 Å². The van der Waals surface area contributed by atoms with E-state index in [4.69, 9.17) is 6.42 Å². The zero-order valence-electron chi connectivity index (χ0n) is 27.0. The minimum absolute atomic E-state index is 0.0166. The van der Waals surface area contributed by atoms with Crippen molar-refractivity contribution in [2.24, 2.45) is 29.1 Å². The fourth-order valence-electron chi connectivity index (χ4n) is 6.71. The van der Waals surface area contributed by atoms with Gasteiger partial charge in [0.1, 0.15) is 0 Å². The lowest BCUT2D eigenvalue weighted by molar-refractivity contribution is -0.0104. The molecule has 0 aromatic heterocycles. The van der Waals surface area contributed by atoms with Crippen LogP contribution in [-0.2, 0) is 0 Å². The van der Waals surface area contributed by atoms with Crippen LogP contribution < -0.4 is 5.32 Å². The van der Waals surface area contributed by atoms with Gasteiger partial charge in [-0.2, -0.15) is 0 Å². The summed E-state index contributed by atoms with van der Waals surface area (Å²) in [6.45, 7) is 22.8. The number of rotatable bonds is 17. The van der Waals surface area contributed by atoms with Gasteiger partial charge in [0.2, 0.25) is 0 Å². The van der Waals surface area contributed by atoms with Gasteiger partial charge in [-0.05, 0) is 106 Å². The Balaban J connectivity index is 2.27. The Morgan fingerprint density at radius 1 is 1.23 bits per heavy atom. The number of nitrogens with one attached hydrogen (secondary N) is 1. The first-order chi connectivity index (χ1) is 19.1. The first-order valence-electron chi connectivity index (χ1n) is 15.6. The number of hydrogen-bond acceptors (Lipinski definition) is 2. The molecular formula is C38H58N2. The van der Waals surface area contributed by atoms with Gasteiger partial charge in [-0.15, -0.1) is 13.0 Å². The second-order valence-corrected chi connectivity index (χ2v) is 12.5. The van der Waals surface area contributed by atoms with Gasteiger partial charge in [0.15, 0.2) is 0 Å². The lowest BCUT2D eigenvalue weighted by atomic mass is 9.68. The van der Waals surface area contributed by atoms with Crippen LogP contribution in [0.4, 0.5) is 0 Å². The molecule has 0 aliphatic heterocycles. The van der Waals surface area contributed by atoms with E-state index in [9.17, 15) is 0 Å². The highest BCUT2D eigenvalue weighted by Gasteiger charge is 2.43. The van der Waals surface area contributed by atoms with Crippen LogP contribution in [-0.4, -0.2) is 37.6 Å². The average Bonchev–Trinajstić information content (AvgIpc) is 3.68. The Labute approximate surface area is 248 Å². The summed E-state index contributed by atoms with van der Waals surface area (Å²) >= 11 is 0. The van der Waals surface area contributed by atoms with Gasteiger partial charge >= 0.3 is 0 Å². The molecule has 2 saturated carbocycles. The quantitative estimate of drug-likeness (QED) is 0.112. The Morgan fingerprint density at radius 3 is 2.45 bits per heavy atom. The molecule has 2 rings (SSSR count). The summed E-state index contributed by atoms with van der Waals surface area (Å²) in [5, 5.41) is 3.40. The number of nitrogens with zero attached hydrogens (tertiary/aromatic N) is 1. The Kier molecular flexibility index (Phi) is 13.7. The van der Waals surface area contributed by atoms with Crippen molar-refractivity contribution >= 4 is 0 Å². The van der Waals surface area contributed by atoms with E-state index >= 15 is 0 Å². The molecule has 0 saturated heterocycles. The van der Waals surface area contributed by atoms with E-state index in [0.717, 1.165) is 37.3 Å². The van der Waals surface area contributed by atoms with Crippen LogP contribution in [0.25, 0.3) is 0 Å². The first-order valence-corrected chi connectivity index (χ1v) is 15.6. The summed E-state index contributed by atoms with van der Waals surface area (Å²) in [4.78, 5) is 2.70. The van der Waals surface area contributed by atoms with Crippen molar-refractivity contribution in [2.45, 2.75) is 92.2 Å². The second kappa shape index (κ2) is 16.2. The molecule has 6 unspecified atom stereocenters. The third-order valence-electron chi connectivity index (χ3n) is 9.75. The van der Waals surface area contributed by atoms with Crippen molar-refractivity contribution in [3.63, 3.8) is 0 Å².